The topological polar surface area (TPSA) is 52.5 Å². The van der Waals surface area contributed by atoms with Crippen LogP contribution in [0.3, 0.4) is 0 Å². The second-order valence-corrected chi connectivity index (χ2v) is 5.27. The monoisotopic (exact) mass is 249 g/mol. The molecule has 1 aliphatic carbocycles. The molecule has 0 bridgehead atoms. The first kappa shape index (κ1) is 13.4. The number of aromatic hydroxyl groups is 1. The van der Waals surface area contributed by atoms with Gasteiger partial charge in [0.05, 0.1) is 6.10 Å². The van der Waals surface area contributed by atoms with E-state index in [0.717, 1.165) is 32.2 Å². The first-order chi connectivity index (χ1) is 8.66. The average Bonchev–Trinajstić information content (AvgIpc) is 2.34. The van der Waals surface area contributed by atoms with E-state index in [0.29, 0.717) is 11.8 Å². The standard InChI is InChI=1S/C15H23NO2/c1-11(17)4-3-9-16-15-6-2-5-12-10-13(18)7-8-14(12)15/h7-8,10-11,15-18H,2-6,9H2,1H3. The zero-order valence-corrected chi connectivity index (χ0v) is 11.0. The van der Waals surface area contributed by atoms with E-state index in [1.165, 1.54) is 17.5 Å². The van der Waals surface area contributed by atoms with Gasteiger partial charge in [-0.3, -0.25) is 0 Å². The number of nitrogens with one attached hydrogen (secondary N) is 1. The van der Waals surface area contributed by atoms with Crippen molar-refractivity contribution in [1.29, 1.82) is 0 Å². The van der Waals surface area contributed by atoms with E-state index in [1.54, 1.807) is 6.07 Å². The molecule has 0 amide bonds. The molecule has 1 aromatic rings. The van der Waals surface area contributed by atoms with Gasteiger partial charge in [0.2, 0.25) is 0 Å². The molecule has 18 heavy (non-hydrogen) atoms. The quantitative estimate of drug-likeness (QED) is 0.703. The van der Waals surface area contributed by atoms with E-state index in [-0.39, 0.29) is 6.10 Å². The number of benzene rings is 1. The molecule has 3 nitrogen and oxygen atoms in total. The van der Waals surface area contributed by atoms with Crippen molar-refractivity contribution < 1.29 is 10.2 Å². The Morgan fingerprint density at radius 3 is 3.06 bits per heavy atom. The van der Waals surface area contributed by atoms with Crippen LogP contribution in [0.2, 0.25) is 0 Å². The Morgan fingerprint density at radius 1 is 1.44 bits per heavy atom. The van der Waals surface area contributed by atoms with E-state index in [1.807, 2.05) is 19.1 Å². The largest absolute Gasteiger partial charge is 0.508 e. The lowest BCUT2D eigenvalue weighted by Crippen LogP contribution is -2.26. The van der Waals surface area contributed by atoms with E-state index in [4.69, 9.17) is 0 Å². The second-order valence-electron chi connectivity index (χ2n) is 5.27. The second kappa shape index (κ2) is 6.21. The number of hydrogen-bond acceptors (Lipinski definition) is 3. The lowest BCUT2D eigenvalue weighted by molar-refractivity contribution is 0.180. The highest BCUT2D eigenvalue weighted by molar-refractivity contribution is 5.38. The Hall–Kier alpha value is -1.06. The lowest BCUT2D eigenvalue weighted by Gasteiger charge is -2.26. The summed E-state index contributed by atoms with van der Waals surface area (Å²) in [6.45, 7) is 2.77. The molecular weight excluding hydrogens is 226 g/mol. The summed E-state index contributed by atoms with van der Waals surface area (Å²) < 4.78 is 0. The Bertz CT molecular complexity index is 390. The number of fused-ring (bicyclic) bond motifs is 1. The van der Waals surface area contributed by atoms with Crippen molar-refractivity contribution in [2.75, 3.05) is 6.54 Å². The number of phenolic OH excluding ortho intramolecular Hbond substituents is 1. The van der Waals surface area contributed by atoms with Gasteiger partial charge >= 0.3 is 0 Å². The van der Waals surface area contributed by atoms with Crippen molar-refractivity contribution in [3.05, 3.63) is 29.3 Å². The maximum absolute atomic E-state index is 9.50. The van der Waals surface area contributed by atoms with Crippen molar-refractivity contribution in [2.24, 2.45) is 0 Å². The highest BCUT2D eigenvalue weighted by Crippen LogP contribution is 2.31. The van der Waals surface area contributed by atoms with Gasteiger partial charge in [0.15, 0.2) is 0 Å². The molecule has 0 heterocycles. The Morgan fingerprint density at radius 2 is 2.28 bits per heavy atom. The van der Waals surface area contributed by atoms with Crippen LogP contribution in [0.4, 0.5) is 0 Å². The minimum absolute atomic E-state index is 0.206. The lowest BCUT2D eigenvalue weighted by atomic mass is 9.87. The van der Waals surface area contributed by atoms with Crippen LogP contribution >= 0.6 is 0 Å². The smallest absolute Gasteiger partial charge is 0.115 e. The van der Waals surface area contributed by atoms with Gasteiger partial charge in [0, 0.05) is 6.04 Å². The maximum atomic E-state index is 9.50. The summed E-state index contributed by atoms with van der Waals surface area (Å²) in [7, 11) is 0. The molecule has 3 heteroatoms. The minimum Gasteiger partial charge on any atom is -0.508 e. The number of phenols is 1. The first-order valence-electron chi connectivity index (χ1n) is 6.90. The molecule has 0 aromatic heterocycles. The van der Waals surface area contributed by atoms with Crippen LogP contribution in [0.25, 0.3) is 0 Å². The summed E-state index contributed by atoms with van der Waals surface area (Å²) in [5.41, 5.74) is 2.60. The SMILES string of the molecule is CC(O)CCCNC1CCCc2cc(O)ccc21. The molecule has 3 N–H and O–H groups in total. The molecule has 1 aromatic carbocycles. The molecule has 0 saturated heterocycles. The fraction of sp³-hybridized carbons (Fsp3) is 0.600. The van der Waals surface area contributed by atoms with E-state index in [9.17, 15) is 10.2 Å². The molecule has 0 aliphatic heterocycles. The van der Waals surface area contributed by atoms with Crippen LogP contribution in [0.1, 0.15) is 49.8 Å². The summed E-state index contributed by atoms with van der Waals surface area (Å²) >= 11 is 0. The normalized spacial score (nSPS) is 20.4. The first-order valence-corrected chi connectivity index (χ1v) is 6.90. The highest BCUT2D eigenvalue weighted by atomic mass is 16.3. The maximum Gasteiger partial charge on any atom is 0.115 e. The summed E-state index contributed by atoms with van der Waals surface area (Å²) in [5, 5.41) is 22.3. The summed E-state index contributed by atoms with van der Waals surface area (Å²) in [6.07, 6.45) is 5.04. The molecule has 2 unspecified atom stereocenters. The minimum atomic E-state index is -0.206. The predicted molar refractivity (Wildman–Crippen MR) is 72.7 cm³/mol. The molecular formula is C15H23NO2. The number of aryl methyl sites for hydroxylation is 1. The molecule has 2 rings (SSSR count). The van der Waals surface area contributed by atoms with Gasteiger partial charge in [-0.25, -0.2) is 0 Å². The van der Waals surface area contributed by atoms with Gasteiger partial charge < -0.3 is 15.5 Å². The van der Waals surface area contributed by atoms with Gasteiger partial charge in [-0.1, -0.05) is 6.07 Å². The van der Waals surface area contributed by atoms with E-state index < -0.39 is 0 Å². The zero-order valence-electron chi connectivity index (χ0n) is 11.0. The molecule has 0 spiro atoms. The van der Waals surface area contributed by atoms with Crippen LogP contribution in [-0.4, -0.2) is 22.9 Å². The van der Waals surface area contributed by atoms with Gasteiger partial charge in [-0.15, -0.1) is 0 Å². The van der Waals surface area contributed by atoms with Crippen molar-refractivity contribution >= 4 is 0 Å². The van der Waals surface area contributed by atoms with Crippen molar-refractivity contribution in [1.82, 2.24) is 5.32 Å². The van der Waals surface area contributed by atoms with Crippen molar-refractivity contribution in [3.63, 3.8) is 0 Å². The fourth-order valence-corrected chi connectivity index (χ4v) is 2.69. The third kappa shape index (κ3) is 3.47. The summed E-state index contributed by atoms with van der Waals surface area (Å²) in [5.74, 6) is 0.364. The van der Waals surface area contributed by atoms with Crippen LogP contribution in [0.5, 0.6) is 5.75 Å². The van der Waals surface area contributed by atoms with Gasteiger partial charge in [0.1, 0.15) is 5.75 Å². The number of aliphatic hydroxyl groups excluding tert-OH is 1. The molecule has 0 fully saturated rings. The number of hydrogen-bond donors (Lipinski definition) is 3. The number of aliphatic hydroxyl groups is 1. The molecule has 2 atom stereocenters. The third-order valence-electron chi connectivity index (χ3n) is 3.63. The fourth-order valence-electron chi connectivity index (χ4n) is 2.69. The molecule has 0 radical (unpaired) electrons. The Kier molecular flexibility index (Phi) is 4.61. The summed E-state index contributed by atoms with van der Waals surface area (Å²) in [6, 6.07) is 6.10. The van der Waals surface area contributed by atoms with Crippen molar-refractivity contribution in [2.45, 2.75) is 51.2 Å². The van der Waals surface area contributed by atoms with Crippen LogP contribution in [-0.2, 0) is 6.42 Å². The van der Waals surface area contributed by atoms with Crippen LogP contribution in [0.15, 0.2) is 18.2 Å². The van der Waals surface area contributed by atoms with E-state index in [2.05, 4.69) is 5.32 Å². The molecule has 1 aliphatic rings. The van der Waals surface area contributed by atoms with Gasteiger partial charge in [-0.05, 0) is 68.8 Å². The zero-order chi connectivity index (χ0) is 13.0. The summed E-state index contributed by atoms with van der Waals surface area (Å²) in [4.78, 5) is 0. The van der Waals surface area contributed by atoms with Crippen LogP contribution in [0, 0.1) is 0 Å². The molecule has 100 valence electrons. The Labute approximate surface area is 109 Å². The Balaban J connectivity index is 1.91. The van der Waals surface area contributed by atoms with Gasteiger partial charge in [0.25, 0.3) is 0 Å². The average molecular weight is 249 g/mol. The predicted octanol–water partition coefficient (Wildman–Crippen LogP) is 2.52. The number of rotatable bonds is 5. The highest BCUT2D eigenvalue weighted by Gasteiger charge is 2.19. The van der Waals surface area contributed by atoms with Gasteiger partial charge in [-0.2, -0.15) is 0 Å². The van der Waals surface area contributed by atoms with Crippen molar-refractivity contribution in [3.8, 4) is 5.75 Å². The van der Waals surface area contributed by atoms with E-state index >= 15 is 0 Å². The molecule has 0 saturated carbocycles. The third-order valence-corrected chi connectivity index (χ3v) is 3.63. The van der Waals surface area contributed by atoms with Crippen LogP contribution < -0.4 is 5.32 Å².